The average Bonchev–Trinajstić information content (AvgIpc) is 3.26. The SMILES string of the molecule is COc1ccc(C(CC(=O)NCC2CCCO2)NS(=O)(=O)c2ccc(Cl)cc2)cc1. The van der Waals surface area contributed by atoms with E-state index in [0.29, 0.717) is 29.5 Å². The van der Waals surface area contributed by atoms with Gasteiger partial charge in [0.05, 0.1) is 24.2 Å². The summed E-state index contributed by atoms with van der Waals surface area (Å²) in [6.45, 7) is 1.12. The van der Waals surface area contributed by atoms with Crippen molar-refractivity contribution in [1.82, 2.24) is 10.0 Å². The molecule has 7 nitrogen and oxygen atoms in total. The molecule has 30 heavy (non-hydrogen) atoms. The smallest absolute Gasteiger partial charge is 0.241 e. The maximum absolute atomic E-state index is 12.9. The molecule has 1 heterocycles. The highest BCUT2D eigenvalue weighted by Gasteiger charge is 2.25. The third kappa shape index (κ3) is 6.18. The lowest BCUT2D eigenvalue weighted by Gasteiger charge is -2.20. The van der Waals surface area contributed by atoms with Gasteiger partial charge in [-0.15, -0.1) is 0 Å². The fraction of sp³-hybridized carbons (Fsp3) is 0.381. The highest BCUT2D eigenvalue weighted by molar-refractivity contribution is 7.89. The molecule has 0 spiro atoms. The average molecular weight is 453 g/mol. The van der Waals surface area contributed by atoms with Crippen LogP contribution in [0.1, 0.15) is 30.9 Å². The lowest BCUT2D eigenvalue weighted by Crippen LogP contribution is -2.36. The van der Waals surface area contributed by atoms with Crippen LogP contribution >= 0.6 is 11.6 Å². The van der Waals surface area contributed by atoms with Crippen molar-refractivity contribution < 1.29 is 22.7 Å². The van der Waals surface area contributed by atoms with Crippen LogP contribution in [-0.2, 0) is 19.6 Å². The minimum Gasteiger partial charge on any atom is -0.497 e. The number of amides is 1. The number of methoxy groups -OCH3 is 1. The molecular formula is C21H25ClN2O5S. The van der Waals surface area contributed by atoms with Crippen LogP contribution in [0.4, 0.5) is 0 Å². The summed E-state index contributed by atoms with van der Waals surface area (Å²) in [6, 6.07) is 12.0. The molecular weight excluding hydrogens is 428 g/mol. The van der Waals surface area contributed by atoms with Gasteiger partial charge in [-0.1, -0.05) is 23.7 Å². The lowest BCUT2D eigenvalue weighted by atomic mass is 10.0. The van der Waals surface area contributed by atoms with Gasteiger partial charge in [0.25, 0.3) is 0 Å². The van der Waals surface area contributed by atoms with Gasteiger partial charge in [-0.05, 0) is 54.8 Å². The van der Waals surface area contributed by atoms with E-state index in [1.807, 2.05) is 0 Å². The van der Waals surface area contributed by atoms with E-state index in [1.165, 1.54) is 24.3 Å². The monoisotopic (exact) mass is 452 g/mol. The van der Waals surface area contributed by atoms with Gasteiger partial charge in [0, 0.05) is 24.6 Å². The Kier molecular flexibility index (Phi) is 7.71. The Labute approximate surface area is 181 Å². The van der Waals surface area contributed by atoms with Gasteiger partial charge in [0.2, 0.25) is 15.9 Å². The second-order valence-corrected chi connectivity index (χ2v) is 9.19. The van der Waals surface area contributed by atoms with Crippen LogP contribution in [0.15, 0.2) is 53.4 Å². The number of rotatable bonds is 9. The highest BCUT2D eigenvalue weighted by Crippen LogP contribution is 2.24. The topological polar surface area (TPSA) is 93.7 Å². The molecule has 2 unspecified atom stereocenters. The van der Waals surface area contributed by atoms with E-state index < -0.39 is 16.1 Å². The molecule has 1 fully saturated rings. The Morgan fingerprint density at radius 2 is 1.90 bits per heavy atom. The molecule has 0 saturated carbocycles. The summed E-state index contributed by atoms with van der Waals surface area (Å²) < 4.78 is 39.1. The number of nitrogens with one attached hydrogen (secondary N) is 2. The van der Waals surface area contributed by atoms with Gasteiger partial charge in [0.1, 0.15) is 5.75 Å². The van der Waals surface area contributed by atoms with Crippen LogP contribution in [0, 0.1) is 0 Å². The lowest BCUT2D eigenvalue weighted by molar-refractivity contribution is -0.122. The number of carbonyl (C=O) groups excluding carboxylic acids is 1. The molecule has 9 heteroatoms. The molecule has 2 aromatic rings. The molecule has 2 atom stereocenters. The molecule has 1 aliphatic rings. The first-order chi connectivity index (χ1) is 14.4. The first kappa shape index (κ1) is 22.6. The fourth-order valence-corrected chi connectivity index (χ4v) is 4.57. The van der Waals surface area contributed by atoms with E-state index in [2.05, 4.69) is 10.0 Å². The summed E-state index contributed by atoms with van der Waals surface area (Å²) in [5, 5.41) is 3.28. The third-order valence-electron chi connectivity index (χ3n) is 4.88. The zero-order valence-corrected chi connectivity index (χ0v) is 18.2. The number of hydrogen-bond donors (Lipinski definition) is 2. The number of hydrogen-bond acceptors (Lipinski definition) is 5. The molecule has 0 aliphatic carbocycles. The molecule has 0 radical (unpaired) electrons. The van der Waals surface area contributed by atoms with Gasteiger partial charge < -0.3 is 14.8 Å². The predicted octanol–water partition coefficient (Wildman–Crippen LogP) is 3.05. The van der Waals surface area contributed by atoms with Crippen LogP contribution in [0.5, 0.6) is 5.75 Å². The largest absolute Gasteiger partial charge is 0.497 e. The number of benzene rings is 2. The zero-order valence-electron chi connectivity index (χ0n) is 16.6. The molecule has 162 valence electrons. The first-order valence-electron chi connectivity index (χ1n) is 9.67. The van der Waals surface area contributed by atoms with Crippen LogP contribution in [0.3, 0.4) is 0 Å². The normalized spacial score (nSPS) is 17.5. The molecule has 0 aromatic heterocycles. The summed E-state index contributed by atoms with van der Waals surface area (Å²) in [5.74, 6) is 0.381. The number of halogens is 1. The molecule has 0 bridgehead atoms. The minimum absolute atomic E-state index is 0.0131. The Morgan fingerprint density at radius 3 is 2.50 bits per heavy atom. The van der Waals surface area contributed by atoms with Crippen molar-refractivity contribution in [2.45, 2.75) is 36.3 Å². The Morgan fingerprint density at radius 1 is 1.20 bits per heavy atom. The van der Waals surface area contributed by atoms with Crippen molar-refractivity contribution in [3.05, 3.63) is 59.1 Å². The second kappa shape index (κ2) is 10.3. The standard InChI is InChI=1S/C21H25ClN2O5S/c1-28-17-8-4-15(5-9-17)20(13-21(25)23-14-18-3-2-12-29-18)24-30(26,27)19-10-6-16(22)7-11-19/h4-11,18,20,24H,2-3,12-14H2,1H3,(H,23,25). The van der Waals surface area contributed by atoms with Crippen molar-refractivity contribution in [2.75, 3.05) is 20.3 Å². The molecule has 2 N–H and O–H groups in total. The van der Waals surface area contributed by atoms with Crippen molar-refractivity contribution in [3.63, 3.8) is 0 Å². The highest BCUT2D eigenvalue weighted by atomic mass is 35.5. The van der Waals surface area contributed by atoms with Crippen molar-refractivity contribution in [2.24, 2.45) is 0 Å². The first-order valence-corrected chi connectivity index (χ1v) is 11.5. The van der Waals surface area contributed by atoms with E-state index in [0.717, 1.165) is 12.8 Å². The Balaban J connectivity index is 1.75. The zero-order chi connectivity index (χ0) is 21.6. The van der Waals surface area contributed by atoms with E-state index in [9.17, 15) is 13.2 Å². The molecule has 2 aromatic carbocycles. The number of ether oxygens (including phenoxy) is 2. The van der Waals surface area contributed by atoms with Crippen molar-refractivity contribution in [3.8, 4) is 5.75 Å². The van der Waals surface area contributed by atoms with Crippen molar-refractivity contribution >= 4 is 27.5 Å². The van der Waals surface area contributed by atoms with Gasteiger partial charge in [-0.2, -0.15) is 0 Å². The third-order valence-corrected chi connectivity index (χ3v) is 6.62. The molecule has 1 saturated heterocycles. The van der Waals surface area contributed by atoms with E-state index in [4.69, 9.17) is 21.1 Å². The quantitative estimate of drug-likeness (QED) is 0.609. The fourth-order valence-electron chi connectivity index (χ4n) is 3.22. The summed E-state index contributed by atoms with van der Waals surface area (Å²) in [4.78, 5) is 12.6. The van der Waals surface area contributed by atoms with E-state index in [-0.39, 0.29) is 23.3 Å². The van der Waals surface area contributed by atoms with Crippen molar-refractivity contribution in [1.29, 1.82) is 0 Å². The summed E-state index contributed by atoms with van der Waals surface area (Å²) in [5.41, 5.74) is 0.653. The molecule has 1 aliphatic heterocycles. The molecule has 1 amide bonds. The number of carbonyl (C=O) groups is 1. The van der Waals surface area contributed by atoms with Crippen LogP contribution in [-0.4, -0.2) is 40.7 Å². The summed E-state index contributed by atoms with van der Waals surface area (Å²) >= 11 is 5.86. The van der Waals surface area contributed by atoms with Gasteiger partial charge in [-0.3, -0.25) is 4.79 Å². The maximum atomic E-state index is 12.9. The summed E-state index contributed by atoms with van der Waals surface area (Å²) in [7, 11) is -2.31. The van der Waals surface area contributed by atoms with Gasteiger partial charge in [0.15, 0.2) is 0 Å². The Hall–Kier alpha value is -2.13. The van der Waals surface area contributed by atoms with Crippen LogP contribution < -0.4 is 14.8 Å². The summed E-state index contributed by atoms with van der Waals surface area (Å²) in [6.07, 6.45) is 1.85. The predicted molar refractivity (Wildman–Crippen MR) is 114 cm³/mol. The van der Waals surface area contributed by atoms with Crippen LogP contribution in [0.2, 0.25) is 5.02 Å². The minimum atomic E-state index is -3.86. The Bertz CT molecular complexity index is 942. The van der Waals surface area contributed by atoms with Gasteiger partial charge in [-0.25, -0.2) is 13.1 Å². The van der Waals surface area contributed by atoms with Crippen LogP contribution in [0.25, 0.3) is 0 Å². The van der Waals surface area contributed by atoms with E-state index >= 15 is 0 Å². The maximum Gasteiger partial charge on any atom is 0.241 e. The second-order valence-electron chi connectivity index (χ2n) is 7.04. The number of sulfonamides is 1. The van der Waals surface area contributed by atoms with Gasteiger partial charge >= 0.3 is 0 Å². The molecule has 3 rings (SSSR count). The van der Waals surface area contributed by atoms with E-state index in [1.54, 1.807) is 31.4 Å².